The number of rotatable bonds is 5. The number of sulfonamides is 1. The Labute approximate surface area is 144 Å². The van der Waals surface area contributed by atoms with E-state index in [4.69, 9.17) is 4.74 Å². The standard InChI is InChI=1S/C15H16N4O5S/c20-19(21)12-3-1-4-14(11-12)25(22,23)18-9-6-13(7-10-18)24-15-5-2-8-16-17-15/h1-5,8,11,13H,6-7,9-10H2. The SMILES string of the molecule is O=[N+]([O-])c1cccc(S(=O)(=O)N2CCC(Oc3cccnn3)CC2)c1. The molecule has 1 aliphatic rings. The zero-order chi connectivity index (χ0) is 17.9. The van der Waals surface area contributed by atoms with Crippen LogP contribution in [0.4, 0.5) is 5.69 Å². The van der Waals surface area contributed by atoms with Crippen molar-refractivity contribution in [3.05, 3.63) is 52.7 Å². The Balaban J connectivity index is 1.67. The first-order valence-electron chi connectivity index (χ1n) is 7.66. The lowest BCUT2D eigenvalue weighted by Gasteiger charge is -2.31. The summed E-state index contributed by atoms with van der Waals surface area (Å²) in [6, 6.07) is 8.49. The zero-order valence-corrected chi connectivity index (χ0v) is 14.0. The Kier molecular flexibility index (Phi) is 4.91. The van der Waals surface area contributed by atoms with Gasteiger partial charge in [0.1, 0.15) is 6.10 Å². The zero-order valence-electron chi connectivity index (χ0n) is 13.2. The van der Waals surface area contributed by atoms with E-state index < -0.39 is 14.9 Å². The van der Waals surface area contributed by atoms with Gasteiger partial charge in [-0.15, -0.1) is 5.10 Å². The van der Waals surface area contributed by atoms with Crippen LogP contribution in [0.2, 0.25) is 0 Å². The quantitative estimate of drug-likeness (QED) is 0.584. The van der Waals surface area contributed by atoms with E-state index in [2.05, 4.69) is 10.2 Å². The minimum atomic E-state index is -3.77. The van der Waals surface area contributed by atoms with Crippen LogP contribution >= 0.6 is 0 Å². The molecule has 0 spiro atoms. The largest absolute Gasteiger partial charge is 0.473 e. The van der Waals surface area contributed by atoms with E-state index in [1.54, 1.807) is 18.3 Å². The summed E-state index contributed by atoms with van der Waals surface area (Å²) in [5, 5.41) is 18.4. The molecule has 0 unspecified atom stereocenters. The Morgan fingerprint density at radius 1 is 1.20 bits per heavy atom. The molecule has 0 bridgehead atoms. The number of hydrogen-bond donors (Lipinski definition) is 0. The average Bonchev–Trinajstić information content (AvgIpc) is 2.63. The maximum absolute atomic E-state index is 12.7. The number of piperidine rings is 1. The molecule has 132 valence electrons. The van der Waals surface area contributed by atoms with Gasteiger partial charge in [0.2, 0.25) is 15.9 Å². The van der Waals surface area contributed by atoms with Gasteiger partial charge in [0.25, 0.3) is 5.69 Å². The summed E-state index contributed by atoms with van der Waals surface area (Å²) in [7, 11) is -3.77. The fourth-order valence-corrected chi connectivity index (χ4v) is 4.13. The van der Waals surface area contributed by atoms with Gasteiger partial charge >= 0.3 is 0 Å². The van der Waals surface area contributed by atoms with Crippen molar-refractivity contribution in [1.82, 2.24) is 14.5 Å². The Hall–Kier alpha value is -2.59. The maximum Gasteiger partial charge on any atom is 0.270 e. The molecule has 2 heterocycles. The molecule has 0 atom stereocenters. The minimum absolute atomic E-state index is 0.0741. The topological polar surface area (TPSA) is 116 Å². The Bertz CT molecular complexity index is 851. The third kappa shape index (κ3) is 3.91. The van der Waals surface area contributed by atoms with Crippen molar-refractivity contribution in [3.8, 4) is 5.88 Å². The van der Waals surface area contributed by atoms with Crippen molar-refractivity contribution < 1.29 is 18.1 Å². The molecular formula is C15H16N4O5S. The fraction of sp³-hybridized carbons (Fsp3) is 0.333. The lowest BCUT2D eigenvalue weighted by Crippen LogP contribution is -2.41. The van der Waals surface area contributed by atoms with E-state index in [1.165, 1.54) is 22.5 Å². The summed E-state index contributed by atoms with van der Waals surface area (Å²) in [6.45, 7) is 0.548. The molecule has 0 aliphatic carbocycles. The van der Waals surface area contributed by atoms with Crippen molar-refractivity contribution in [3.63, 3.8) is 0 Å². The molecule has 1 saturated heterocycles. The second kappa shape index (κ2) is 7.11. The van der Waals surface area contributed by atoms with Crippen LogP contribution in [0.15, 0.2) is 47.5 Å². The average molecular weight is 364 g/mol. The summed E-state index contributed by atoms with van der Waals surface area (Å²) in [6.07, 6.45) is 2.41. The maximum atomic E-state index is 12.7. The molecule has 1 aromatic carbocycles. The molecule has 0 saturated carbocycles. The van der Waals surface area contributed by atoms with Crippen molar-refractivity contribution in [2.75, 3.05) is 13.1 Å². The number of ether oxygens (including phenoxy) is 1. The second-order valence-electron chi connectivity index (χ2n) is 5.54. The highest BCUT2D eigenvalue weighted by Gasteiger charge is 2.31. The number of nitrogens with zero attached hydrogens (tertiary/aromatic N) is 4. The highest BCUT2D eigenvalue weighted by molar-refractivity contribution is 7.89. The monoisotopic (exact) mass is 364 g/mol. The number of nitro benzene ring substituents is 1. The molecule has 0 amide bonds. The van der Waals surface area contributed by atoms with Crippen LogP contribution in [0.25, 0.3) is 0 Å². The highest BCUT2D eigenvalue weighted by Crippen LogP contribution is 2.25. The Morgan fingerprint density at radius 3 is 2.60 bits per heavy atom. The summed E-state index contributed by atoms with van der Waals surface area (Å²) < 4.78 is 32.3. The lowest BCUT2D eigenvalue weighted by molar-refractivity contribution is -0.385. The van der Waals surface area contributed by atoms with Gasteiger partial charge in [0, 0.05) is 37.5 Å². The molecular weight excluding hydrogens is 348 g/mol. The van der Waals surface area contributed by atoms with Gasteiger partial charge in [0.15, 0.2) is 0 Å². The predicted octanol–water partition coefficient (Wildman–Crippen LogP) is 1.62. The Morgan fingerprint density at radius 2 is 1.96 bits per heavy atom. The van der Waals surface area contributed by atoms with E-state index in [9.17, 15) is 18.5 Å². The van der Waals surface area contributed by atoms with Gasteiger partial charge in [-0.25, -0.2) is 8.42 Å². The highest BCUT2D eigenvalue weighted by atomic mass is 32.2. The van der Waals surface area contributed by atoms with Gasteiger partial charge in [-0.2, -0.15) is 9.40 Å². The summed E-state index contributed by atoms with van der Waals surface area (Å²) in [4.78, 5) is 10.2. The van der Waals surface area contributed by atoms with Crippen LogP contribution in [-0.4, -0.2) is 47.0 Å². The van der Waals surface area contributed by atoms with Gasteiger partial charge in [-0.05, 0) is 25.0 Å². The molecule has 9 nitrogen and oxygen atoms in total. The van der Waals surface area contributed by atoms with E-state index >= 15 is 0 Å². The minimum Gasteiger partial charge on any atom is -0.473 e. The molecule has 0 N–H and O–H groups in total. The fourth-order valence-electron chi connectivity index (χ4n) is 2.62. The molecule has 2 aromatic rings. The van der Waals surface area contributed by atoms with Crippen molar-refractivity contribution in [1.29, 1.82) is 0 Å². The number of non-ortho nitro benzene ring substituents is 1. The van der Waals surface area contributed by atoms with Gasteiger partial charge in [-0.3, -0.25) is 10.1 Å². The first kappa shape index (κ1) is 17.2. The van der Waals surface area contributed by atoms with E-state index in [-0.39, 0.29) is 29.8 Å². The van der Waals surface area contributed by atoms with E-state index in [0.717, 1.165) is 6.07 Å². The van der Waals surface area contributed by atoms with E-state index in [0.29, 0.717) is 18.7 Å². The molecule has 1 fully saturated rings. The molecule has 10 heteroatoms. The second-order valence-corrected chi connectivity index (χ2v) is 7.48. The summed E-state index contributed by atoms with van der Waals surface area (Å²) >= 11 is 0. The molecule has 1 aromatic heterocycles. The predicted molar refractivity (Wildman–Crippen MR) is 87.5 cm³/mol. The number of benzene rings is 1. The number of nitro groups is 1. The van der Waals surface area contributed by atoms with Crippen LogP contribution < -0.4 is 4.74 Å². The van der Waals surface area contributed by atoms with Crippen LogP contribution in [0, 0.1) is 10.1 Å². The molecule has 25 heavy (non-hydrogen) atoms. The third-order valence-electron chi connectivity index (χ3n) is 3.90. The van der Waals surface area contributed by atoms with Crippen LogP contribution in [-0.2, 0) is 10.0 Å². The summed E-state index contributed by atoms with van der Waals surface area (Å²) in [5.41, 5.74) is -0.248. The smallest absolute Gasteiger partial charge is 0.270 e. The first-order valence-corrected chi connectivity index (χ1v) is 9.10. The van der Waals surface area contributed by atoms with Gasteiger partial charge < -0.3 is 4.74 Å². The van der Waals surface area contributed by atoms with Crippen molar-refractivity contribution in [2.24, 2.45) is 0 Å². The first-order chi connectivity index (χ1) is 12.0. The van der Waals surface area contributed by atoms with Gasteiger partial charge in [-0.1, -0.05) is 6.07 Å². The number of aromatic nitrogens is 2. The van der Waals surface area contributed by atoms with Gasteiger partial charge in [0.05, 0.1) is 9.82 Å². The molecule has 1 aliphatic heterocycles. The summed E-state index contributed by atoms with van der Waals surface area (Å²) in [5.74, 6) is 0.405. The normalized spacial score (nSPS) is 16.5. The number of hydrogen-bond acceptors (Lipinski definition) is 7. The van der Waals surface area contributed by atoms with Crippen LogP contribution in [0.5, 0.6) is 5.88 Å². The molecule has 3 rings (SSSR count). The van der Waals surface area contributed by atoms with Crippen LogP contribution in [0.1, 0.15) is 12.8 Å². The van der Waals surface area contributed by atoms with Crippen molar-refractivity contribution >= 4 is 15.7 Å². The lowest BCUT2D eigenvalue weighted by atomic mass is 10.1. The van der Waals surface area contributed by atoms with Crippen molar-refractivity contribution in [2.45, 2.75) is 23.8 Å². The van der Waals surface area contributed by atoms with Crippen LogP contribution in [0.3, 0.4) is 0 Å². The third-order valence-corrected chi connectivity index (χ3v) is 5.80. The molecule has 0 radical (unpaired) electrons. The van der Waals surface area contributed by atoms with E-state index in [1.807, 2.05) is 0 Å².